The summed E-state index contributed by atoms with van der Waals surface area (Å²) in [7, 11) is -3.59. The summed E-state index contributed by atoms with van der Waals surface area (Å²) in [6.45, 7) is 4.84. The molecule has 2 aliphatic rings. The highest BCUT2D eigenvalue weighted by Gasteiger charge is 2.30. The van der Waals surface area contributed by atoms with Gasteiger partial charge in [0.25, 0.3) is 0 Å². The van der Waals surface area contributed by atoms with Crippen LogP contribution in [-0.2, 0) is 26.0 Å². The Kier molecular flexibility index (Phi) is 6.69. The molecule has 2 amide bonds. The zero-order valence-corrected chi connectivity index (χ0v) is 17.1. The number of benzene rings is 1. The molecule has 9 heteroatoms. The standard InChI is InChI=1S/C19H28N4O4S/c1-2-3-8-20-19(25)14-22-9-11-23(12-10-22)28(26,27)16-5-6-17-15(13-16)4-7-18(24)21-17/h5-6,13H,2-4,7-12,14H2,1H3,(H,20,25)(H,21,24). The van der Waals surface area contributed by atoms with E-state index in [1.807, 2.05) is 4.90 Å². The number of fused-ring (bicyclic) bond motifs is 1. The molecular weight excluding hydrogens is 380 g/mol. The lowest BCUT2D eigenvalue weighted by Gasteiger charge is -2.33. The van der Waals surface area contributed by atoms with Crippen LogP contribution in [-0.4, -0.2) is 68.7 Å². The predicted molar refractivity (Wildman–Crippen MR) is 107 cm³/mol. The third kappa shape index (κ3) is 4.89. The Labute approximate surface area is 166 Å². The highest BCUT2D eigenvalue weighted by atomic mass is 32.2. The molecule has 2 aliphatic heterocycles. The lowest BCUT2D eigenvalue weighted by atomic mass is 10.0. The second-order valence-corrected chi connectivity index (χ2v) is 9.19. The van der Waals surface area contributed by atoms with E-state index < -0.39 is 10.0 Å². The van der Waals surface area contributed by atoms with Gasteiger partial charge < -0.3 is 10.6 Å². The molecule has 2 heterocycles. The molecule has 8 nitrogen and oxygen atoms in total. The number of piperazine rings is 1. The van der Waals surface area contributed by atoms with Crippen molar-refractivity contribution in [2.75, 3.05) is 44.6 Å². The Morgan fingerprint density at radius 1 is 1.18 bits per heavy atom. The summed E-state index contributed by atoms with van der Waals surface area (Å²) >= 11 is 0. The number of hydrogen-bond donors (Lipinski definition) is 2. The van der Waals surface area contributed by atoms with E-state index >= 15 is 0 Å². The monoisotopic (exact) mass is 408 g/mol. The lowest BCUT2D eigenvalue weighted by Crippen LogP contribution is -2.51. The minimum atomic E-state index is -3.59. The molecule has 28 heavy (non-hydrogen) atoms. The van der Waals surface area contributed by atoms with Gasteiger partial charge in [0.15, 0.2) is 0 Å². The summed E-state index contributed by atoms with van der Waals surface area (Å²) in [5.41, 5.74) is 1.54. The van der Waals surface area contributed by atoms with Gasteiger partial charge in [-0.15, -0.1) is 0 Å². The van der Waals surface area contributed by atoms with Crippen LogP contribution in [0.1, 0.15) is 31.7 Å². The van der Waals surface area contributed by atoms with Crippen LogP contribution >= 0.6 is 0 Å². The second kappa shape index (κ2) is 9.02. The van der Waals surface area contributed by atoms with E-state index in [4.69, 9.17) is 0 Å². The molecule has 0 unspecified atom stereocenters. The quantitative estimate of drug-likeness (QED) is 0.650. The molecule has 154 valence electrons. The van der Waals surface area contributed by atoms with Crippen molar-refractivity contribution in [2.24, 2.45) is 0 Å². The predicted octanol–water partition coefficient (Wildman–Crippen LogP) is 0.794. The Morgan fingerprint density at radius 3 is 2.64 bits per heavy atom. The van der Waals surface area contributed by atoms with Crippen molar-refractivity contribution < 1.29 is 18.0 Å². The van der Waals surface area contributed by atoms with Crippen LogP contribution in [0.3, 0.4) is 0 Å². The molecule has 0 saturated carbocycles. The molecule has 1 saturated heterocycles. The van der Waals surface area contributed by atoms with Crippen molar-refractivity contribution in [3.8, 4) is 0 Å². The van der Waals surface area contributed by atoms with Crippen molar-refractivity contribution in [1.29, 1.82) is 0 Å². The molecule has 0 atom stereocenters. The summed E-state index contributed by atoms with van der Waals surface area (Å²) in [6, 6.07) is 4.88. The van der Waals surface area contributed by atoms with Crippen LogP contribution in [0.15, 0.2) is 23.1 Å². The fraction of sp³-hybridized carbons (Fsp3) is 0.579. The van der Waals surface area contributed by atoms with Crippen molar-refractivity contribution >= 4 is 27.5 Å². The first kappa shape index (κ1) is 20.8. The van der Waals surface area contributed by atoms with Crippen LogP contribution in [0.5, 0.6) is 0 Å². The topological polar surface area (TPSA) is 98.8 Å². The molecule has 0 aromatic heterocycles. The molecule has 0 radical (unpaired) electrons. The highest BCUT2D eigenvalue weighted by molar-refractivity contribution is 7.89. The molecule has 0 spiro atoms. The molecule has 1 aromatic carbocycles. The van der Waals surface area contributed by atoms with Crippen molar-refractivity contribution in [2.45, 2.75) is 37.5 Å². The Hall–Kier alpha value is -1.97. The summed E-state index contributed by atoms with van der Waals surface area (Å²) < 4.78 is 27.4. The highest BCUT2D eigenvalue weighted by Crippen LogP contribution is 2.27. The fourth-order valence-electron chi connectivity index (χ4n) is 3.46. The minimum absolute atomic E-state index is 0.0125. The van der Waals surface area contributed by atoms with E-state index in [1.165, 1.54) is 4.31 Å². The van der Waals surface area contributed by atoms with Crippen LogP contribution in [0, 0.1) is 0 Å². The molecule has 1 aromatic rings. The number of amides is 2. The molecule has 2 N–H and O–H groups in total. The molecular formula is C19H28N4O4S. The van der Waals surface area contributed by atoms with Gasteiger partial charge in [0.2, 0.25) is 21.8 Å². The number of aryl methyl sites for hydroxylation is 1. The molecule has 0 bridgehead atoms. The number of carbonyl (C=O) groups excluding carboxylic acids is 2. The molecule has 3 rings (SSSR count). The molecule has 1 fully saturated rings. The Morgan fingerprint density at radius 2 is 1.93 bits per heavy atom. The smallest absolute Gasteiger partial charge is 0.243 e. The number of anilines is 1. The van der Waals surface area contributed by atoms with Gasteiger partial charge in [0.1, 0.15) is 0 Å². The van der Waals surface area contributed by atoms with Crippen molar-refractivity contribution in [3.63, 3.8) is 0 Å². The van der Waals surface area contributed by atoms with E-state index in [0.29, 0.717) is 57.8 Å². The van der Waals surface area contributed by atoms with Gasteiger partial charge in [-0.05, 0) is 36.6 Å². The summed E-state index contributed by atoms with van der Waals surface area (Å²) in [5, 5.41) is 5.66. The zero-order valence-electron chi connectivity index (χ0n) is 16.2. The summed E-state index contributed by atoms with van der Waals surface area (Å²) in [6.07, 6.45) is 2.91. The number of unbranched alkanes of at least 4 members (excludes halogenated alkanes) is 1. The van der Waals surface area contributed by atoms with Gasteiger partial charge in [-0.1, -0.05) is 13.3 Å². The first-order valence-corrected chi connectivity index (χ1v) is 11.3. The Bertz CT molecular complexity index is 832. The van der Waals surface area contributed by atoms with Crippen molar-refractivity contribution in [3.05, 3.63) is 23.8 Å². The third-order valence-corrected chi connectivity index (χ3v) is 7.06. The van der Waals surface area contributed by atoms with Crippen molar-refractivity contribution in [1.82, 2.24) is 14.5 Å². The normalized spacial score (nSPS) is 18.4. The van der Waals surface area contributed by atoms with Gasteiger partial charge in [-0.25, -0.2) is 8.42 Å². The maximum absolute atomic E-state index is 13.0. The number of nitrogens with one attached hydrogen (secondary N) is 2. The van der Waals surface area contributed by atoms with E-state index in [-0.39, 0.29) is 16.7 Å². The number of rotatable bonds is 7. The number of nitrogens with zero attached hydrogens (tertiary/aromatic N) is 2. The second-order valence-electron chi connectivity index (χ2n) is 7.25. The average molecular weight is 409 g/mol. The fourth-order valence-corrected chi connectivity index (χ4v) is 4.93. The minimum Gasteiger partial charge on any atom is -0.355 e. The van der Waals surface area contributed by atoms with Gasteiger partial charge >= 0.3 is 0 Å². The van der Waals surface area contributed by atoms with Crippen LogP contribution in [0.2, 0.25) is 0 Å². The number of carbonyl (C=O) groups is 2. The van der Waals surface area contributed by atoms with E-state index in [2.05, 4.69) is 17.6 Å². The average Bonchev–Trinajstić information content (AvgIpc) is 2.68. The van der Waals surface area contributed by atoms with E-state index in [9.17, 15) is 18.0 Å². The lowest BCUT2D eigenvalue weighted by molar-refractivity contribution is -0.122. The summed E-state index contributed by atoms with van der Waals surface area (Å²) in [5.74, 6) is -0.0561. The first-order valence-electron chi connectivity index (χ1n) is 9.82. The van der Waals surface area contributed by atoms with Gasteiger partial charge in [-0.2, -0.15) is 4.31 Å². The van der Waals surface area contributed by atoms with Crippen LogP contribution in [0.4, 0.5) is 5.69 Å². The Balaban J connectivity index is 1.58. The van der Waals surface area contributed by atoms with Crippen LogP contribution in [0.25, 0.3) is 0 Å². The van der Waals surface area contributed by atoms with E-state index in [0.717, 1.165) is 18.4 Å². The zero-order chi connectivity index (χ0) is 20.1. The number of hydrogen-bond acceptors (Lipinski definition) is 5. The summed E-state index contributed by atoms with van der Waals surface area (Å²) in [4.78, 5) is 25.6. The maximum Gasteiger partial charge on any atom is 0.243 e. The number of sulfonamides is 1. The van der Waals surface area contributed by atoms with Gasteiger partial charge in [0, 0.05) is 44.8 Å². The molecule has 0 aliphatic carbocycles. The largest absolute Gasteiger partial charge is 0.355 e. The maximum atomic E-state index is 13.0. The SMILES string of the molecule is CCCCNC(=O)CN1CCN(S(=O)(=O)c2ccc3c(c2)CCC(=O)N3)CC1. The van der Waals surface area contributed by atoms with E-state index in [1.54, 1.807) is 18.2 Å². The van der Waals surface area contributed by atoms with Gasteiger partial charge in [0.05, 0.1) is 11.4 Å². The third-order valence-electron chi connectivity index (χ3n) is 5.16. The van der Waals surface area contributed by atoms with Gasteiger partial charge in [-0.3, -0.25) is 14.5 Å². The van der Waals surface area contributed by atoms with Crippen LogP contribution < -0.4 is 10.6 Å². The first-order chi connectivity index (χ1) is 13.4.